The SMILES string of the molecule is Cc1ccc(O[C@H]2C[C@H]3CC[C@@H](C2)N3c2ccc(C(F)(F)F)cn2)c(N)c1. The van der Waals surface area contributed by atoms with Crippen molar-refractivity contribution >= 4 is 11.5 Å². The number of nitrogen functional groups attached to an aromatic ring is 1. The zero-order chi connectivity index (χ0) is 19.2. The van der Waals surface area contributed by atoms with Crippen molar-refractivity contribution in [3.05, 3.63) is 47.7 Å². The predicted octanol–water partition coefficient (Wildman–Crippen LogP) is 4.57. The van der Waals surface area contributed by atoms with Crippen molar-refractivity contribution in [1.29, 1.82) is 0 Å². The number of piperidine rings is 1. The van der Waals surface area contributed by atoms with Crippen LogP contribution in [0.5, 0.6) is 5.75 Å². The molecule has 3 heterocycles. The van der Waals surface area contributed by atoms with Crippen molar-refractivity contribution in [1.82, 2.24) is 4.98 Å². The molecular formula is C20H22F3N3O. The third-order valence-electron chi connectivity index (χ3n) is 5.49. The Morgan fingerprint density at radius 1 is 1.11 bits per heavy atom. The Morgan fingerprint density at radius 3 is 2.37 bits per heavy atom. The Morgan fingerprint density at radius 2 is 1.81 bits per heavy atom. The highest BCUT2D eigenvalue weighted by Crippen LogP contribution is 2.41. The van der Waals surface area contributed by atoms with Crippen molar-refractivity contribution in [2.75, 3.05) is 10.6 Å². The molecule has 2 aromatic rings. The van der Waals surface area contributed by atoms with Gasteiger partial charge in [-0.1, -0.05) is 6.07 Å². The first-order valence-electron chi connectivity index (χ1n) is 9.15. The van der Waals surface area contributed by atoms with Crippen molar-refractivity contribution in [3.63, 3.8) is 0 Å². The highest BCUT2D eigenvalue weighted by Gasteiger charge is 2.42. The van der Waals surface area contributed by atoms with Gasteiger partial charge in [-0.2, -0.15) is 13.2 Å². The van der Waals surface area contributed by atoms with Crippen LogP contribution in [0, 0.1) is 6.92 Å². The van der Waals surface area contributed by atoms with Crippen LogP contribution in [-0.2, 0) is 6.18 Å². The lowest BCUT2D eigenvalue weighted by molar-refractivity contribution is -0.137. The van der Waals surface area contributed by atoms with Crippen LogP contribution in [0.15, 0.2) is 36.5 Å². The zero-order valence-corrected chi connectivity index (χ0v) is 15.0. The minimum absolute atomic E-state index is 0.0539. The van der Waals surface area contributed by atoms with Crippen LogP contribution < -0.4 is 15.4 Å². The monoisotopic (exact) mass is 377 g/mol. The number of halogens is 3. The van der Waals surface area contributed by atoms with Gasteiger partial charge in [-0.3, -0.25) is 0 Å². The van der Waals surface area contributed by atoms with E-state index in [2.05, 4.69) is 9.88 Å². The van der Waals surface area contributed by atoms with Crippen molar-refractivity contribution in [3.8, 4) is 5.75 Å². The fourth-order valence-corrected chi connectivity index (χ4v) is 4.26. The molecule has 27 heavy (non-hydrogen) atoms. The smallest absolute Gasteiger partial charge is 0.417 e. The van der Waals surface area contributed by atoms with Gasteiger partial charge < -0.3 is 15.4 Å². The van der Waals surface area contributed by atoms with Crippen molar-refractivity contribution in [2.45, 2.75) is 57.0 Å². The molecule has 7 heteroatoms. The van der Waals surface area contributed by atoms with Crippen LogP contribution in [0.1, 0.15) is 36.8 Å². The van der Waals surface area contributed by atoms with Gasteiger partial charge in [-0.15, -0.1) is 0 Å². The van der Waals surface area contributed by atoms with E-state index in [0.717, 1.165) is 43.5 Å². The number of pyridine rings is 1. The molecule has 1 aromatic carbocycles. The highest BCUT2D eigenvalue weighted by molar-refractivity contribution is 5.54. The van der Waals surface area contributed by atoms with E-state index in [1.807, 2.05) is 25.1 Å². The molecule has 2 bridgehead atoms. The topological polar surface area (TPSA) is 51.4 Å². The van der Waals surface area contributed by atoms with Crippen molar-refractivity contribution < 1.29 is 17.9 Å². The number of rotatable bonds is 3. The first kappa shape index (κ1) is 17.9. The highest BCUT2D eigenvalue weighted by atomic mass is 19.4. The number of hydrogen-bond acceptors (Lipinski definition) is 4. The number of hydrogen-bond donors (Lipinski definition) is 1. The van der Waals surface area contributed by atoms with Gasteiger partial charge in [0.25, 0.3) is 0 Å². The lowest BCUT2D eigenvalue weighted by atomic mass is 9.99. The number of alkyl halides is 3. The summed E-state index contributed by atoms with van der Waals surface area (Å²) in [4.78, 5) is 6.25. The second kappa shape index (κ2) is 6.62. The minimum Gasteiger partial charge on any atom is -0.488 e. The van der Waals surface area contributed by atoms with Crippen LogP contribution in [-0.4, -0.2) is 23.2 Å². The first-order chi connectivity index (χ1) is 12.8. The second-order valence-corrected chi connectivity index (χ2v) is 7.45. The Labute approximate surface area is 156 Å². The molecule has 0 amide bonds. The van der Waals surface area contributed by atoms with Crippen LogP contribution in [0.25, 0.3) is 0 Å². The van der Waals surface area contributed by atoms with E-state index in [-0.39, 0.29) is 18.2 Å². The normalized spacial score (nSPS) is 24.9. The molecule has 4 rings (SSSR count). The lowest BCUT2D eigenvalue weighted by Gasteiger charge is -2.39. The standard InChI is InChI=1S/C20H22F3N3O/c1-12-2-6-18(17(24)8-12)27-16-9-14-4-5-15(10-16)26(14)19-7-3-13(11-25-19)20(21,22)23/h2-3,6-8,11,14-16H,4-5,9-10,24H2,1H3/t14-,15+,16+. The molecule has 2 fully saturated rings. The maximum absolute atomic E-state index is 12.8. The zero-order valence-electron chi connectivity index (χ0n) is 15.0. The van der Waals surface area contributed by atoms with E-state index in [4.69, 9.17) is 10.5 Å². The van der Waals surface area contributed by atoms with Gasteiger partial charge in [0.2, 0.25) is 0 Å². The molecule has 3 atom stereocenters. The maximum Gasteiger partial charge on any atom is 0.417 e. The summed E-state index contributed by atoms with van der Waals surface area (Å²) in [5.74, 6) is 1.31. The van der Waals surface area contributed by atoms with Crippen LogP contribution in [0.3, 0.4) is 0 Å². The number of anilines is 2. The van der Waals surface area contributed by atoms with E-state index >= 15 is 0 Å². The molecule has 0 spiro atoms. The van der Waals surface area contributed by atoms with Crippen LogP contribution >= 0.6 is 0 Å². The van der Waals surface area contributed by atoms with Crippen molar-refractivity contribution in [2.24, 2.45) is 0 Å². The summed E-state index contributed by atoms with van der Waals surface area (Å²) in [6, 6.07) is 8.81. The van der Waals surface area contributed by atoms with Gasteiger partial charge in [0, 0.05) is 31.1 Å². The first-order valence-corrected chi connectivity index (χ1v) is 9.15. The quantitative estimate of drug-likeness (QED) is 0.796. The number of aryl methyl sites for hydroxylation is 1. The Kier molecular flexibility index (Phi) is 4.40. The van der Waals surface area contributed by atoms with Crippen LogP contribution in [0.4, 0.5) is 24.7 Å². The van der Waals surface area contributed by atoms with E-state index in [1.54, 1.807) is 0 Å². The molecule has 2 aliphatic heterocycles. The van der Waals surface area contributed by atoms with Gasteiger partial charge >= 0.3 is 6.18 Å². The molecular weight excluding hydrogens is 355 g/mol. The largest absolute Gasteiger partial charge is 0.488 e. The van der Waals surface area contributed by atoms with E-state index in [9.17, 15) is 13.2 Å². The Bertz CT molecular complexity index is 808. The molecule has 2 saturated heterocycles. The van der Waals surface area contributed by atoms with Crippen LogP contribution in [0.2, 0.25) is 0 Å². The number of benzene rings is 1. The second-order valence-electron chi connectivity index (χ2n) is 7.45. The molecule has 144 valence electrons. The summed E-state index contributed by atoms with van der Waals surface area (Å²) in [6.07, 6.45) is 0.230. The van der Waals surface area contributed by atoms with E-state index in [1.165, 1.54) is 6.07 Å². The molecule has 0 radical (unpaired) electrons. The minimum atomic E-state index is -4.36. The molecule has 0 aliphatic carbocycles. The predicted molar refractivity (Wildman–Crippen MR) is 97.8 cm³/mol. The summed E-state index contributed by atoms with van der Waals surface area (Å²) < 4.78 is 44.4. The Hall–Kier alpha value is -2.44. The summed E-state index contributed by atoms with van der Waals surface area (Å²) >= 11 is 0. The molecule has 4 nitrogen and oxygen atoms in total. The maximum atomic E-state index is 12.8. The average Bonchev–Trinajstić information content (AvgIpc) is 2.87. The number of nitrogens with two attached hydrogens (primary N) is 1. The summed E-state index contributed by atoms with van der Waals surface area (Å²) in [5.41, 5.74) is 7.06. The molecule has 2 N–H and O–H groups in total. The molecule has 0 unspecified atom stereocenters. The molecule has 2 aliphatic rings. The average molecular weight is 377 g/mol. The number of aromatic nitrogens is 1. The molecule has 0 saturated carbocycles. The van der Waals surface area contributed by atoms with E-state index < -0.39 is 11.7 Å². The third kappa shape index (κ3) is 3.55. The van der Waals surface area contributed by atoms with Gasteiger partial charge in [0.1, 0.15) is 17.7 Å². The van der Waals surface area contributed by atoms with Gasteiger partial charge in [0.15, 0.2) is 0 Å². The summed E-state index contributed by atoms with van der Waals surface area (Å²) in [7, 11) is 0. The van der Waals surface area contributed by atoms with E-state index in [0.29, 0.717) is 17.3 Å². The van der Waals surface area contributed by atoms with Gasteiger partial charge in [-0.25, -0.2) is 4.98 Å². The van der Waals surface area contributed by atoms with Gasteiger partial charge in [0.05, 0.1) is 11.3 Å². The fourth-order valence-electron chi connectivity index (χ4n) is 4.26. The lowest BCUT2D eigenvalue weighted by Crippen LogP contribution is -2.46. The third-order valence-corrected chi connectivity index (χ3v) is 5.49. The summed E-state index contributed by atoms with van der Waals surface area (Å²) in [6.45, 7) is 1.98. The molecule has 1 aromatic heterocycles. The van der Waals surface area contributed by atoms with Gasteiger partial charge in [-0.05, 0) is 49.6 Å². The summed E-state index contributed by atoms with van der Waals surface area (Å²) in [5, 5.41) is 0. The Balaban J connectivity index is 1.47. The number of nitrogens with zero attached hydrogens (tertiary/aromatic N) is 2. The fraction of sp³-hybridized carbons (Fsp3) is 0.450. The number of fused-ring (bicyclic) bond motifs is 2. The number of ether oxygens (including phenoxy) is 1.